The van der Waals surface area contributed by atoms with Crippen molar-refractivity contribution in [3.63, 3.8) is 0 Å². The molecule has 0 aliphatic carbocycles. The Hall–Kier alpha value is -2.18. The summed E-state index contributed by atoms with van der Waals surface area (Å²) in [5.41, 5.74) is -0.194. The van der Waals surface area contributed by atoms with Gasteiger partial charge in [-0.05, 0) is 18.6 Å². The van der Waals surface area contributed by atoms with Crippen LogP contribution in [0.25, 0.3) is 0 Å². The fourth-order valence-corrected chi connectivity index (χ4v) is 2.02. The van der Waals surface area contributed by atoms with E-state index in [-0.39, 0.29) is 35.7 Å². The van der Waals surface area contributed by atoms with Gasteiger partial charge in [-0.15, -0.1) is 0 Å². The van der Waals surface area contributed by atoms with Crippen molar-refractivity contribution >= 4 is 21.4 Å². The van der Waals surface area contributed by atoms with E-state index >= 15 is 0 Å². The highest BCUT2D eigenvalue weighted by Crippen LogP contribution is 2.27. The number of primary sulfonamides is 1. The molecular weight excluding hydrogens is 272 g/mol. The minimum Gasteiger partial charge on any atom is -0.379 e. The van der Waals surface area contributed by atoms with Gasteiger partial charge in [0.25, 0.3) is 0 Å². The predicted molar refractivity (Wildman–Crippen MR) is 68.9 cm³/mol. The largest absolute Gasteiger partial charge is 0.379 e. The molecule has 0 heterocycles. The van der Waals surface area contributed by atoms with Crippen LogP contribution in [0.2, 0.25) is 0 Å². The van der Waals surface area contributed by atoms with Gasteiger partial charge in [-0.3, -0.25) is 10.1 Å². The van der Waals surface area contributed by atoms with E-state index in [1.54, 1.807) is 6.07 Å². The number of nitriles is 1. The number of hydrogen-bond donors (Lipinski definition) is 2. The van der Waals surface area contributed by atoms with E-state index < -0.39 is 14.9 Å². The molecule has 102 valence electrons. The average molecular weight is 284 g/mol. The molecule has 0 atom stereocenters. The van der Waals surface area contributed by atoms with E-state index in [4.69, 9.17) is 10.4 Å². The molecule has 0 spiro atoms. The van der Waals surface area contributed by atoms with Crippen molar-refractivity contribution in [2.75, 3.05) is 17.6 Å². The number of nitro groups is 1. The van der Waals surface area contributed by atoms with Gasteiger partial charge < -0.3 is 5.32 Å². The maximum atomic E-state index is 10.9. The fourth-order valence-electron chi connectivity index (χ4n) is 1.47. The molecule has 0 aliphatic heterocycles. The lowest BCUT2D eigenvalue weighted by Gasteiger charge is -2.07. The van der Waals surface area contributed by atoms with E-state index in [0.717, 1.165) is 0 Å². The molecule has 19 heavy (non-hydrogen) atoms. The lowest BCUT2D eigenvalue weighted by Crippen LogP contribution is -2.18. The summed E-state index contributed by atoms with van der Waals surface area (Å²) >= 11 is 0. The Morgan fingerprint density at radius 3 is 2.68 bits per heavy atom. The number of anilines is 1. The van der Waals surface area contributed by atoms with Gasteiger partial charge in [-0.25, -0.2) is 13.6 Å². The van der Waals surface area contributed by atoms with Gasteiger partial charge >= 0.3 is 5.69 Å². The molecule has 0 saturated heterocycles. The van der Waals surface area contributed by atoms with Gasteiger partial charge in [0.1, 0.15) is 17.3 Å². The predicted octanol–water partition coefficient (Wildman–Crippen LogP) is 0.557. The number of rotatable bonds is 6. The zero-order valence-corrected chi connectivity index (χ0v) is 10.7. The van der Waals surface area contributed by atoms with Crippen LogP contribution in [-0.4, -0.2) is 25.6 Å². The van der Waals surface area contributed by atoms with Crippen molar-refractivity contribution in [2.24, 2.45) is 5.14 Å². The van der Waals surface area contributed by atoms with Gasteiger partial charge in [0, 0.05) is 6.54 Å². The monoisotopic (exact) mass is 284 g/mol. The number of nitrogens with one attached hydrogen (secondary N) is 1. The first-order chi connectivity index (χ1) is 8.85. The van der Waals surface area contributed by atoms with Crippen molar-refractivity contribution in [3.05, 3.63) is 33.9 Å². The molecule has 0 bridgehead atoms. The Morgan fingerprint density at radius 1 is 1.47 bits per heavy atom. The molecule has 1 aromatic carbocycles. The third kappa shape index (κ3) is 4.53. The molecule has 0 amide bonds. The van der Waals surface area contributed by atoms with E-state index in [2.05, 4.69) is 5.32 Å². The Kier molecular flexibility index (Phi) is 4.80. The molecule has 0 aliphatic rings. The Labute approximate surface area is 110 Å². The Balaban J connectivity index is 2.79. The van der Waals surface area contributed by atoms with Gasteiger partial charge in [0.15, 0.2) is 0 Å². The van der Waals surface area contributed by atoms with Crippen LogP contribution >= 0.6 is 0 Å². The van der Waals surface area contributed by atoms with Gasteiger partial charge in [-0.2, -0.15) is 5.26 Å². The summed E-state index contributed by atoms with van der Waals surface area (Å²) in [6.07, 6.45) is 0.215. The van der Waals surface area contributed by atoms with Crippen molar-refractivity contribution < 1.29 is 13.3 Å². The molecule has 0 unspecified atom stereocenters. The molecule has 1 aromatic rings. The molecule has 8 nitrogen and oxygen atoms in total. The summed E-state index contributed by atoms with van der Waals surface area (Å²) in [7, 11) is -3.54. The van der Waals surface area contributed by atoms with E-state index in [1.807, 2.05) is 0 Å². The quantitative estimate of drug-likeness (QED) is 0.444. The molecule has 0 radical (unpaired) electrons. The zero-order chi connectivity index (χ0) is 14.5. The Bertz CT molecular complexity index is 621. The molecule has 9 heteroatoms. The van der Waals surface area contributed by atoms with Crippen molar-refractivity contribution in [2.45, 2.75) is 6.42 Å². The lowest BCUT2D eigenvalue weighted by molar-refractivity contribution is -0.384. The first-order valence-electron chi connectivity index (χ1n) is 5.27. The summed E-state index contributed by atoms with van der Waals surface area (Å²) in [5.74, 6) is -0.217. The van der Waals surface area contributed by atoms with Crippen molar-refractivity contribution in [1.82, 2.24) is 0 Å². The van der Waals surface area contributed by atoms with Crippen LogP contribution in [0.4, 0.5) is 11.4 Å². The normalized spacial score (nSPS) is 10.7. The average Bonchev–Trinajstić information content (AvgIpc) is 2.32. The number of hydrogen-bond acceptors (Lipinski definition) is 6. The number of benzene rings is 1. The second kappa shape index (κ2) is 6.12. The molecule has 1 rings (SSSR count). The van der Waals surface area contributed by atoms with Crippen LogP contribution in [0.1, 0.15) is 12.0 Å². The minimum atomic E-state index is -3.54. The van der Waals surface area contributed by atoms with Crippen LogP contribution in [0.5, 0.6) is 0 Å². The first-order valence-corrected chi connectivity index (χ1v) is 6.98. The van der Waals surface area contributed by atoms with Crippen LogP contribution in [0.3, 0.4) is 0 Å². The van der Waals surface area contributed by atoms with Crippen molar-refractivity contribution in [1.29, 1.82) is 5.26 Å². The van der Waals surface area contributed by atoms with Crippen LogP contribution in [0, 0.1) is 21.4 Å². The van der Waals surface area contributed by atoms with Gasteiger partial charge in [0.2, 0.25) is 10.0 Å². The summed E-state index contributed by atoms with van der Waals surface area (Å²) in [6, 6.07) is 6.04. The van der Waals surface area contributed by atoms with Gasteiger partial charge in [-0.1, -0.05) is 6.07 Å². The maximum absolute atomic E-state index is 10.9. The highest BCUT2D eigenvalue weighted by Gasteiger charge is 2.19. The number of para-hydroxylation sites is 1. The number of nitrogens with two attached hydrogens (primary N) is 1. The van der Waals surface area contributed by atoms with E-state index in [0.29, 0.717) is 0 Å². The molecule has 3 N–H and O–H groups in total. The number of sulfonamides is 1. The fraction of sp³-hybridized carbons (Fsp3) is 0.300. The van der Waals surface area contributed by atoms with Gasteiger partial charge in [0.05, 0.1) is 10.7 Å². The minimum absolute atomic E-state index is 0.0542. The highest BCUT2D eigenvalue weighted by molar-refractivity contribution is 7.89. The summed E-state index contributed by atoms with van der Waals surface area (Å²) in [5, 5.41) is 27.2. The summed E-state index contributed by atoms with van der Waals surface area (Å²) < 4.78 is 21.4. The Morgan fingerprint density at radius 2 is 2.16 bits per heavy atom. The second-order valence-corrected chi connectivity index (χ2v) is 5.45. The lowest BCUT2D eigenvalue weighted by atomic mass is 10.1. The molecular formula is C10H12N4O4S. The zero-order valence-electron chi connectivity index (χ0n) is 9.87. The number of nitrogens with zero attached hydrogens (tertiary/aromatic N) is 2. The SMILES string of the molecule is N#Cc1cccc(NCCCS(N)(=O)=O)c1[N+](=O)[O-]. The first kappa shape index (κ1) is 14.9. The molecule has 0 aromatic heterocycles. The maximum Gasteiger partial charge on any atom is 0.309 e. The van der Waals surface area contributed by atoms with Crippen molar-refractivity contribution in [3.8, 4) is 6.07 Å². The molecule has 0 saturated carbocycles. The van der Waals surface area contributed by atoms with E-state index in [1.165, 1.54) is 18.2 Å². The van der Waals surface area contributed by atoms with Crippen LogP contribution < -0.4 is 10.5 Å². The standard InChI is InChI=1S/C10H12N4O4S/c11-7-8-3-1-4-9(10(8)14(15)16)13-5-2-6-19(12,17)18/h1,3-4,13H,2,5-6H2,(H2,12,17,18). The number of nitro benzene ring substituents is 1. The summed E-state index contributed by atoms with van der Waals surface area (Å²) in [4.78, 5) is 10.2. The molecule has 0 fully saturated rings. The second-order valence-electron chi connectivity index (χ2n) is 3.72. The van der Waals surface area contributed by atoms with Crippen LogP contribution in [0.15, 0.2) is 18.2 Å². The summed E-state index contributed by atoms with van der Waals surface area (Å²) in [6.45, 7) is 0.201. The topological polar surface area (TPSA) is 139 Å². The third-order valence-corrected chi connectivity index (χ3v) is 3.12. The van der Waals surface area contributed by atoms with Crippen LogP contribution in [-0.2, 0) is 10.0 Å². The van der Waals surface area contributed by atoms with E-state index in [9.17, 15) is 18.5 Å². The smallest absolute Gasteiger partial charge is 0.309 e. The highest BCUT2D eigenvalue weighted by atomic mass is 32.2. The third-order valence-electron chi connectivity index (χ3n) is 2.26.